The van der Waals surface area contributed by atoms with Gasteiger partial charge >= 0.3 is 5.97 Å². The van der Waals surface area contributed by atoms with Crippen molar-refractivity contribution in [2.75, 3.05) is 6.61 Å². The van der Waals surface area contributed by atoms with Gasteiger partial charge in [0.25, 0.3) is 0 Å². The summed E-state index contributed by atoms with van der Waals surface area (Å²) >= 11 is 0. The zero-order valence-corrected chi connectivity index (χ0v) is 20.6. The Morgan fingerprint density at radius 2 is 1.38 bits per heavy atom. The molecule has 8 heteroatoms. The maximum atomic E-state index is 12.5. The van der Waals surface area contributed by atoms with Gasteiger partial charge in [0.15, 0.2) is 6.29 Å². The van der Waals surface area contributed by atoms with Crippen LogP contribution in [-0.4, -0.2) is 54.2 Å². The molecule has 4 rings (SSSR count). The largest absolute Gasteiger partial charge is 0.459 e. The monoisotopic (exact) mass is 505 g/mol. The van der Waals surface area contributed by atoms with E-state index in [0.29, 0.717) is 5.56 Å². The van der Waals surface area contributed by atoms with Crippen molar-refractivity contribution in [2.45, 2.75) is 50.8 Å². The first-order valence-electron chi connectivity index (χ1n) is 12.1. The number of amides is 1. The molecule has 3 aromatic rings. The van der Waals surface area contributed by atoms with E-state index in [1.54, 1.807) is 30.3 Å². The Kier molecular flexibility index (Phi) is 9.40. The third-order valence-corrected chi connectivity index (χ3v) is 5.97. The van der Waals surface area contributed by atoms with Crippen LogP contribution in [0.25, 0.3) is 0 Å². The standard InChI is InChI=1S/C29H31NO7/c1-20(31)30-25-27(34-17-21-11-5-2-6-12-21)26(32)24(19-35-28(33)23-15-9-4-10-16-23)37-29(25)36-18-22-13-7-3-8-14-22/h2-16,24-27,29,32H,17-19H2,1H3,(H,30,31)/t24-,25-,26-,27-,29+/m1/s1. The summed E-state index contributed by atoms with van der Waals surface area (Å²) in [5.41, 5.74) is 2.20. The Labute approximate surface area is 216 Å². The second-order valence-corrected chi connectivity index (χ2v) is 8.78. The molecule has 1 saturated heterocycles. The topological polar surface area (TPSA) is 103 Å². The molecule has 3 aromatic carbocycles. The molecule has 1 fully saturated rings. The molecule has 37 heavy (non-hydrogen) atoms. The van der Waals surface area contributed by atoms with E-state index < -0.39 is 36.6 Å². The first-order valence-corrected chi connectivity index (χ1v) is 12.1. The summed E-state index contributed by atoms with van der Waals surface area (Å²) in [5, 5.41) is 14.0. The van der Waals surface area contributed by atoms with Gasteiger partial charge in [-0.25, -0.2) is 4.79 Å². The fraction of sp³-hybridized carbons (Fsp3) is 0.310. The lowest BCUT2D eigenvalue weighted by molar-refractivity contribution is -0.281. The Bertz CT molecular complexity index is 1130. The van der Waals surface area contributed by atoms with Gasteiger partial charge < -0.3 is 29.4 Å². The van der Waals surface area contributed by atoms with Gasteiger partial charge in [-0.15, -0.1) is 0 Å². The van der Waals surface area contributed by atoms with Gasteiger partial charge in [0, 0.05) is 6.92 Å². The highest BCUT2D eigenvalue weighted by molar-refractivity contribution is 5.89. The van der Waals surface area contributed by atoms with E-state index in [-0.39, 0.29) is 25.7 Å². The first-order chi connectivity index (χ1) is 18.0. The fourth-order valence-electron chi connectivity index (χ4n) is 4.12. The van der Waals surface area contributed by atoms with Crippen molar-refractivity contribution in [2.24, 2.45) is 0 Å². The molecule has 0 bridgehead atoms. The second kappa shape index (κ2) is 13.1. The summed E-state index contributed by atoms with van der Waals surface area (Å²) in [6.45, 7) is 1.56. The van der Waals surface area contributed by atoms with Crippen molar-refractivity contribution in [3.63, 3.8) is 0 Å². The number of benzene rings is 3. The third-order valence-electron chi connectivity index (χ3n) is 5.97. The number of rotatable bonds is 10. The molecule has 8 nitrogen and oxygen atoms in total. The molecule has 0 unspecified atom stereocenters. The number of esters is 1. The van der Waals surface area contributed by atoms with Gasteiger partial charge in [0.2, 0.25) is 5.91 Å². The predicted molar refractivity (Wildman–Crippen MR) is 135 cm³/mol. The van der Waals surface area contributed by atoms with Gasteiger partial charge in [-0.3, -0.25) is 4.79 Å². The van der Waals surface area contributed by atoms with Gasteiger partial charge in [0.05, 0.1) is 18.8 Å². The summed E-state index contributed by atoms with van der Waals surface area (Å²) in [5.74, 6) is -0.861. The molecule has 0 saturated carbocycles. The molecular weight excluding hydrogens is 474 g/mol. The molecule has 0 radical (unpaired) electrons. The van der Waals surface area contributed by atoms with Crippen LogP contribution in [0.3, 0.4) is 0 Å². The normalized spacial score (nSPS) is 23.2. The molecule has 1 amide bonds. The van der Waals surface area contributed by atoms with Crippen molar-refractivity contribution in [1.29, 1.82) is 0 Å². The zero-order valence-electron chi connectivity index (χ0n) is 20.6. The smallest absolute Gasteiger partial charge is 0.338 e. The van der Waals surface area contributed by atoms with Crippen molar-refractivity contribution in [3.8, 4) is 0 Å². The molecule has 0 aromatic heterocycles. The Morgan fingerprint density at radius 3 is 1.95 bits per heavy atom. The van der Waals surface area contributed by atoms with Crippen LogP contribution < -0.4 is 5.32 Å². The van der Waals surface area contributed by atoms with Crippen LogP contribution >= 0.6 is 0 Å². The van der Waals surface area contributed by atoms with E-state index in [9.17, 15) is 14.7 Å². The number of ether oxygens (including phenoxy) is 4. The van der Waals surface area contributed by atoms with Crippen LogP contribution in [0.5, 0.6) is 0 Å². The lowest BCUT2D eigenvalue weighted by atomic mass is 9.96. The molecule has 0 spiro atoms. The van der Waals surface area contributed by atoms with E-state index in [0.717, 1.165) is 11.1 Å². The van der Waals surface area contributed by atoms with Crippen LogP contribution in [-0.2, 0) is 37.0 Å². The lowest BCUT2D eigenvalue weighted by Crippen LogP contribution is -2.65. The van der Waals surface area contributed by atoms with Crippen LogP contribution in [0.4, 0.5) is 0 Å². The van der Waals surface area contributed by atoms with Gasteiger partial charge in [-0.1, -0.05) is 78.9 Å². The van der Waals surface area contributed by atoms with Crippen LogP contribution in [0, 0.1) is 0 Å². The summed E-state index contributed by atoms with van der Waals surface area (Å²) < 4.78 is 23.7. The average molecular weight is 506 g/mol. The Hall–Kier alpha value is -3.56. The molecule has 2 N–H and O–H groups in total. The molecule has 0 aliphatic carbocycles. The molecule has 1 aliphatic heterocycles. The summed E-state index contributed by atoms with van der Waals surface area (Å²) in [7, 11) is 0. The third kappa shape index (κ3) is 7.47. The second-order valence-electron chi connectivity index (χ2n) is 8.78. The SMILES string of the molecule is CC(=O)N[C@H]1[C@@H](OCc2ccccc2)O[C@H](COC(=O)c2ccccc2)[C@@H](O)[C@@H]1OCc1ccccc1. The van der Waals surface area contributed by atoms with E-state index in [4.69, 9.17) is 18.9 Å². The average Bonchev–Trinajstić information content (AvgIpc) is 2.93. The maximum Gasteiger partial charge on any atom is 0.338 e. The molecular formula is C29H31NO7. The quantitative estimate of drug-likeness (QED) is 0.408. The molecule has 5 atom stereocenters. The minimum atomic E-state index is -1.21. The van der Waals surface area contributed by atoms with Crippen LogP contribution in [0.15, 0.2) is 91.0 Å². The maximum absolute atomic E-state index is 12.5. The number of hydrogen-bond acceptors (Lipinski definition) is 7. The summed E-state index contributed by atoms with van der Waals surface area (Å²) in [4.78, 5) is 24.6. The van der Waals surface area contributed by atoms with Crippen molar-refractivity contribution in [3.05, 3.63) is 108 Å². The van der Waals surface area contributed by atoms with Crippen molar-refractivity contribution < 1.29 is 33.6 Å². The number of hydrogen-bond donors (Lipinski definition) is 2. The predicted octanol–water partition coefficient (Wildman–Crippen LogP) is 3.24. The highest BCUT2D eigenvalue weighted by Gasteiger charge is 2.47. The highest BCUT2D eigenvalue weighted by Crippen LogP contribution is 2.27. The number of nitrogens with one attached hydrogen (secondary N) is 1. The minimum absolute atomic E-state index is 0.195. The fourth-order valence-corrected chi connectivity index (χ4v) is 4.12. The highest BCUT2D eigenvalue weighted by atomic mass is 16.7. The Balaban J connectivity index is 1.52. The van der Waals surface area contributed by atoms with Gasteiger partial charge in [-0.2, -0.15) is 0 Å². The molecule has 1 aliphatic rings. The van der Waals surface area contributed by atoms with Crippen LogP contribution in [0.2, 0.25) is 0 Å². The number of aliphatic hydroxyl groups is 1. The summed E-state index contributed by atoms with van der Waals surface area (Å²) in [6, 6.07) is 26.8. The zero-order chi connectivity index (χ0) is 26.0. The van der Waals surface area contributed by atoms with Crippen molar-refractivity contribution >= 4 is 11.9 Å². The first kappa shape index (κ1) is 26.5. The number of aliphatic hydroxyl groups excluding tert-OH is 1. The number of carbonyl (C=O) groups is 2. The van der Waals surface area contributed by atoms with E-state index >= 15 is 0 Å². The van der Waals surface area contributed by atoms with E-state index in [2.05, 4.69) is 5.32 Å². The minimum Gasteiger partial charge on any atom is -0.459 e. The van der Waals surface area contributed by atoms with Gasteiger partial charge in [0.1, 0.15) is 31.0 Å². The molecule has 1 heterocycles. The Morgan fingerprint density at radius 1 is 0.838 bits per heavy atom. The molecule has 194 valence electrons. The summed E-state index contributed by atoms with van der Waals surface area (Å²) in [6.07, 6.45) is -4.01. The van der Waals surface area contributed by atoms with E-state index in [1.807, 2.05) is 60.7 Å². The van der Waals surface area contributed by atoms with Crippen LogP contribution in [0.1, 0.15) is 28.4 Å². The van der Waals surface area contributed by atoms with Gasteiger partial charge in [-0.05, 0) is 23.3 Å². The van der Waals surface area contributed by atoms with E-state index in [1.165, 1.54) is 6.92 Å². The van der Waals surface area contributed by atoms with Crippen molar-refractivity contribution in [1.82, 2.24) is 5.32 Å². The lowest BCUT2D eigenvalue weighted by Gasteiger charge is -2.44. The number of carbonyl (C=O) groups excluding carboxylic acids is 2.